The predicted molar refractivity (Wildman–Crippen MR) is 134 cm³/mol. The molecular weight excluding hydrogens is 530 g/mol. The van der Waals surface area contributed by atoms with E-state index >= 15 is 0 Å². The van der Waals surface area contributed by atoms with Crippen LogP contribution in [0.4, 0.5) is 5.69 Å². The normalized spacial score (nSPS) is 18.2. The molecule has 0 aliphatic carbocycles. The third kappa shape index (κ3) is 3.53. The van der Waals surface area contributed by atoms with Crippen molar-refractivity contribution in [1.29, 1.82) is 0 Å². The van der Waals surface area contributed by atoms with Crippen molar-refractivity contribution in [2.24, 2.45) is 0 Å². The zero-order valence-electron chi connectivity index (χ0n) is 17.1. The Kier molecular flexibility index (Phi) is 5.48. The predicted octanol–water partition coefficient (Wildman–Crippen LogP) is 6.82. The Morgan fingerprint density at radius 3 is 2.70 bits per heavy atom. The van der Waals surface area contributed by atoms with Crippen LogP contribution >= 0.6 is 43.0 Å². The van der Waals surface area contributed by atoms with E-state index in [1.165, 1.54) is 20.1 Å². The van der Waals surface area contributed by atoms with Crippen molar-refractivity contribution in [3.63, 3.8) is 0 Å². The third-order valence-corrected chi connectivity index (χ3v) is 12.7. The van der Waals surface area contributed by atoms with E-state index in [1.54, 1.807) is 0 Å². The van der Waals surface area contributed by atoms with Crippen LogP contribution in [0, 0.1) is 0 Å². The topological polar surface area (TPSA) is 42.7 Å². The van der Waals surface area contributed by atoms with Gasteiger partial charge in [-0.1, -0.05) is 0 Å². The Hall–Kier alpha value is -1.31. The van der Waals surface area contributed by atoms with Gasteiger partial charge in [-0.15, -0.1) is 0 Å². The number of anilines is 1. The van der Waals surface area contributed by atoms with Crippen molar-refractivity contribution >= 4 is 48.7 Å². The molecule has 1 spiro atoms. The average molecular weight is 555 g/mol. The van der Waals surface area contributed by atoms with Gasteiger partial charge >= 0.3 is 196 Å². The summed E-state index contributed by atoms with van der Waals surface area (Å²) in [7, 11) is 0. The van der Waals surface area contributed by atoms with Gasteiger partial charge in [-0.05, 0) is 0 Å². The molecule has 1 N–H and O–H groups in total. The molecule has 3 aromatic rings. The van der Waals surface area contributed by atoms with Gasteiger partial charge in [-0.25, -0.2) is 0 Å². The number of imidazole rings is 1. The number of nitrogens with zero attached hydrogens (tertiary/aromatic N) is 3. The number of benzene rings is 1. The van der Waals surface area contributed by atoms with Crippen LogP contribution in [0.25, 0.3) is 5.82 Å². The summed E-state index contributed by atoms with van der Waals surface area (Å²) in [6.45, 7) is 4.40. The number of hydrogen-bond donors (Lipinski definition) is 1. The summed E-state index contributed by atoms with van der Waals surface area (Å²) < 4.78 is 6.07. The maximum absolute atomic E-state index is 6.46. The van der Waals surface area contributed by atoms with Crippen molar-refractivity contribution in [3.8, 4) is 5.82 Å². The number of fused-ring (bicyclic) bond motifs is 4. The average Bonchev–Trinajstić information content (AvgIpc) is 3.19. The molecule has 158 valence electrons. The quantitative estimate of drug-likeness (QED) is 0.285. The SMILES string of the molecule is CC(C)c1ncc2n1-c1ncccc1NC21CCI(Cc2ccc(Cl)cc2Cl)CC1. The zero-order chi connectivity index (χ0) is 20.9. The van der Waals surface area contributed by atoms with Crippen LogP contribution < -0.4 is 5.32 Å². The number of aromatic nitrogens is 3. The summed E-state index contributed by atoms with van der Waals surface area (Å²) in [5.74, 6) is 2.43. The van der Waals surface area contributed by atoms with E-state index in [0.29, 0.717) is 10.9 Å². The molecule has 7 heteroatoms. The van der Waals surface area contributed by atoms with Crippen LogP contribution in [0.3, 0.4) is 0 Å². The molecule has 0 radical (unpaired) electrons. The van der Waals surface area contributed by atoms with E-state index in [0.717, 1.165) is 39.6 Å². The Balaban J connectivity index is 1.43. The van der Waals surface area contributed by atoms with Gasteiger partial charge in [-0.2, -0.15) is 0 Å². The fourth-order valence-electron chi connectivity index (χ4n) is 4.49. The van der Waals surface area contributed by atoms with Crippen LogP contribution in [-0.2, 0) is 9.97 Å². The van der Waals surface area contributed by atoms with Crippen LogP contribution in [-0.4, -0.2) is 23.4 Å². The van der Waals surface area contributed by atoms with Crippen LogP contribution in [0.15, 0.2) is 42.7 Å². The van der Waals surface area contributed by atoms with Gasteiger partial charge in [0.1, 0.15) is 0 Å². The second-order valence-corrected chi connectivity index (χ2v) is 15.4. The minimum atomic E-state index is -1.12. The van der Waals surface area contributed by atoms with Crippen molar-refractivity contribution < 1.29 is 0 Å². The van der Waals surface area contributed by atoms with Gasteiger partial charge in [0.25, 0.3) is 0 Å². The van der Waals surface area contributed by atoms with Crippen molar-refractivity contribution in [3.05, 3.63) is 69.9 Å². The molecule has 1 aromatic carbocycles. The Labute approximate surface area is 194 Å². The third-order valence-electron chi connectivity index (χ3n) is 6.09. The van der Waals surface area contributed by atoms with Crippen LogP contribution in [0.2, 0.25) is 10.0 Å². The van der Waals surface area contributed by atoms with E-state index in [9.17, 15) is 0 Å². The number of hydrogen-bond acceptors (Lipinski definition) is 3. The first-order chi connectivity index (χ1) is 14.5. The standard InChI is InChI=1S/C23H25Cl2IN4/c1-15(2)21-28-14-20-23(29-19-4-3-11-27-22(19)30(20)21)7-9-26(10-8-23)13-16-5-6-17(24)12-18(16)25/h3-6,11-12,14-15,29H,7-10,13H2,1-2H3. The molecular formula is C23H25Cl2IN4. The van der Waals surface area contributed by atoms with E-state index in [1.807, 2.05) is 24.4 Å². The van der Waals surface area contributed by atoms with Gasteiger partial charge in [0, 0.05) is 0 Å². The summed E-state index contributed by atoms with van der Waals surface area (Å²) in [5.41, 5.74) is 3.61. The molecule has 0 bridgehead atoms. The molecule has 30 heavy (non-hydrogen) atoms. The summed E-state index contributed by atoms with van der Waals surface area (Å²) in [4.78, 5) is 9.50. The summed E-state index contributed by atoms with van der Waals surface area (Å²) in [6, 6.07) is 10.1. The number of halogens is 3. The molecule has 0 amide bonds. The Morgan fingerprint density at radius 1 is 1.17 bits per heavy atom. The first-order valence-electron chi connectivity index (χ1n) is 10.3. The van der Waals surface area contributed by atoms with Gasteiger partial charge in [-0.3, -0.25) is 0 Å². The van der Waals surface area contributed by atoms with Crippen molar-refractivity contribution in [2.75, 3.05) is 14.2 Å². The number of alkyl halides is 3. The van der Waals surface area contributed by atoms with E-state index in [4.69, 9.17) is 28.2 Å². The van der Waals surface area contributed by atoms with Gasteiger partial charge in [0.15, 0.2) is 0 Å². The first kappa shape index (κ1) is 20.6. The first-order valence-corrected chi connectivity index (χ1v) is 15.6. The van der Waals surface area contributed by atoms with Gasteiger partial charge < -0.3 is 0 Å². The van der Waals surface area contributed by atoms with Crippen LogP contribution in [0.5, 0.6) is 0 Å². The Bertz CT molecular complexity index is 1090. The summed E-state index contributed by atoms with van der Waals surface area (Å²) in [6.07, 6.45) is 6.23. The van der Waals surface area contributed by atoms with Crippen molar-refractivity contribution in [1.82, 2.24) is 14.5 Å². The van der Waals surface area contributed by atoms with Crippen molar-refractivity contribution in [2.45, 2.75) is 42.6 Å². The minimum absolute atomic E-state index is 0.0477. The van der Waals surface area contributed by atoms with E-state index in [2.05, 4.69) is 47.0 Å². The van der Waals surface area contributed by atoms with Gasteiger partial charge in [0.2, 0.25) is 0 Å². The second kappa shape index (κ2) is 7.99. The van der Waals surface area contributed by atoms with E-state index in [-0.39, 0.29) is 5.54 Å². The molecule has 1 fully saturated rings. The molecule has 2 aromatic heterocycles. The molecule has 4 nitrogen and oxygen atoms in total. The maximum atomic E-state index is 6.46. The second-order valence-electron chi connectivity index (χ2n) is 8.39. The van der Waals surface area contributed by atoms with Crippen LogP contribution in [0.1, 0.15) is 49.7 Å². The molecule has 0 saturated carbocycles. The Morgan fingerprint density at radius 2 is 1.97 bits per heavy atom. The molecule has 0 atom stereocenters. The summed E-state index contributed by atoms with van der Waals surface area (Å²) >= 11 is 11.4. The zero-order valence-corrected chi connectivity index (χ0v) is 20.8. The number of pyridine rings is 1. The molecule has 5 rings (SSSR count). The molecule has 4 heterocycles. The molecule has 0 unspecified atom stereocenters. The molecule has 2 aliphatic heterocycles. The molecule has 1 saturated heterocycles. The fourth-order valence-corrected chi connectivity index (χ4v) is 11.7. The summed E-state index contributed by atoms with van der Waals surface area (Å²) in [5, 5.41) is 5.41. The number of rotatable bonds is 3. The van der Waals surface area contributed by atoms with E-state index < -0.39 is 19.8 Å². The number of nitrogens with one attached hydrogen (secondary N) is 1. The molecule has 2 aliphatic rings. The monoisotopic (exact) mass is 554 g/mol. The fraction of sp³-hybridized carbons (Fsp3) is 0.391. The van der Waals surface area contributed by atoms with Gasteiger partial charge in [0.05, 0.1) is 0 Å².